The predicted molar refractivity (Wildman–Crippen MR) is 105 cm³/mol. The van der Waals surface area contributed by atoms with Gasteiger partial charge in [-0.25, -0.2) is 0 Å². The van der Waals surface area contributed by atoms with Crippen molar-refractivity contribution in [2.24, 2.45) is 0 Å². The second kappa shape index (κ2) is 8.41. The van der Waals surface area contributed by atoms with E-state index in [0.29, 0.717) is 23.3 Å². The van der Waals surface area contributed by atoms with Gasteiger partial charge in [0.25, 0.3) is 5.91 Å². The molecule has 2 aromatic rings. The molecule has 0 aromatic heterocycles. The van der Waals surface area contributed by atoms with E-state index in [9.17, 15) is 4.79 Å². The van der Waals surface area contributed by atoms with Crippen LogP contribution in [0.5, 0.6) is 11.5 Å². The number of rotatable bonds is 6. The van der Waals surface area contributed by atoms with E-state index >= 15 is 0 Å². The number of methoxy groups -OCH3 is 2. The minimum absolute atomic E-state index is 0.153. The predicted octanol–water partition coefficient (Wildman–Crippen LogP) is 2.77. The van der Waals surface area contributed by atoms with Gasteiger partial charge in [-0.1, -0.05) is 18.2 Å². The van der Waals surface area contributed by atoms with Crippen molar-refractivity contribution in [3.63, 3.8) is 0 Å². The molecule has 0 bridgehead atoms. The number of carbonyl (C=O) groups excluding carboxylic acids is 1. The van der Waals surface area contributed by atoms with Crippen molar-refractivity contribution in [3.8, 4) is 11.5 Å². The van der Waals surface area contributed by atoms with Crippen LogP contribution in [0.3, 0.4) is 0 Å². The Bertz CT molecular complexity index is 809. The molecule has 1 amide bonds. The molecule has 0 aliphatic carbocycles. The van der Waals surface area contributed by atoms with Gasteiger partial charge in [0.05, 0.1) is 25.8 Å². The molecule has 2 aromatic carbocycles. The molecule has 1 heterocycles. The van der Waals surface area contributed by atoms with Gasteiger partial charge in [-0.2, -0.15) is 0 Å². The monoisotopic (exact) mass is 369 g/mol. The van der Waals surface area contributed by atoms with Crippen LogP contribution in [-0.4, -0.2) is 32.7 Å². The summed E-state index contributed by atoms with van der Waals surface area (Å²) in [6, 6.07) is 13.7. The number of carbonyl (C=O) groups is 1. The van der Waals surface area contributed by atoms with Gasteiger partial charge in [0.2, 0.25) is 0 Å². The summed E-state index contributed by atoms with van der Waals surface area (Å²) >= 11 is 0. The zero-order chi connectivity index (χ0) is 19.4. The van der Waals surface area contributed by atoms with Crippen molar-refractivity contribution in [2.75, 3.05) is 20.8 Å². The Morgan fingerprint density at radius 1 is 1.19 bits per heavy atom. The molecule has 3 N–H and O–H groups in total. The van der Waals surface area contributed by atoms with Crippen LogP contribution in [0, 0.1) is 0 Å². The lowest BCUT2D eigenvalue weighted by atomic mass is 9.93. The number of nitrogens with one attached hydrogen (secondary N) is 3. The zero-order valence-electron chi connectivity index (χ0n) is 16.2. The van der Waals surface area contributed by atoms with E-state index in [2.05, 4.69) is 23.1 Å². The highest BCUT2D eigenvalue weighted by atomic mass is 16.5. The van der Waals surface area contributed by atoms with Gasteiger partial charge < -0.3 is 14.8 Å². The minimum Gasteiger partial charge on any atom is -0.497 e. The number of benzene rings is 2. The fourth-order valence-electron chi connectivity index (χ4n) is 3.41. The van der Waals surface area contributed by atoms with Crippen molar-refractivity contribution < 1.29 is 14.3 Å². The number of hydrogen-bond acceptors (Lipinski definition) is 5. The molecule has 6 nitrogen and oxygen atoms in total. The Hall–Kier alpha value is -2.57. The molecule has 2 unspecified atom stereocenters. The molecule has 6 heteroatoms. The third-order valence-corrected chi connectivity index (χ3v) is 5.10. The maximum absolute atomic E-state index is 12.8. The quantitative estimate of drug-likeness (QED) is 0.730. The topological polar surface area (TPSA) is 71.6 Å². The Morgan fingerprint density at radius 2 is 2.00 bits per heavy atom. The van der Waals surface area contributed by atoms with Crippen LogP contribution in [0.2, 0.25) is 0 Å². The molecule has 27 heavy (non-hydrogen) atoms. The zero-order valence-corrected chi connectivity index (χ0v) is 16.2. The standard InChI is InChI=1S/C21H27N3O3/c1-13(15-6-5-7-17(10-15)26-3)23-21(25)18-9-8-16(11-20(18)27-4)19-12-22-24-14(19)2/h5-11,13-14,19,22,24H,12H2,1-4H3,(H,23,25)/t13-,14?,19?/m1/s1. The smallest absolute Gasteiger partial charge is 0.255 e. The van der Waals surface area contributed by atoms with Gasteiger partial charge in [-0.05, 0) is 49.2 Å². The van der Waals surface area contributed by atoms with E-state index in [1.807, 2.05) is 49.4 Å². The molecular formula is C21H27N3O3. The molecule has 0 radical (unpaired) electrons. The number of ether oxygens (including phenoxy) is 2. The highest BCUT2D eigenvalue weighted by molar-refractivity contribution is 5.97. The van der Waals surface area contributed by atoms with Gasteiger partial charge in [0, 0.05) is 18.5 Å². The molecule has 1 aliphatic rings. The first-order valence-corrected chi connectivity index (χ1v) is 9.14. The third kappa shape index (κ3) is 4.23. The van der Waals surface area contributed by atoms with Crippen molar-refractivity contribution in [1.82, 2.24) is 16.2 Å². The molecule has 1 aliphatic heterocycles. The van der Waals surface area contributed by atoms with E-state index in [0.717, 1.165) is 23.4 Å². The van der Waals surface area contributed by atoms with Gasteiger partial charge in [-0.15, -0.1) is 0 Å². The summed E-state index contributed by atoms with van der Waals surface area (Å²) in [4.78, 5) is 12.8. The van der Waals surface area contributed by atoms with Crippen LogP contribution in [-0.2, 0) is 0 Å². The van der Waals surface area contributed by atoms with Crippen molar-refractivity contribution in [1.29, 1.82) is 0 Å². The molecule has 144 valence electrons. The van der Waals surface area contributed by atoms with Crippen molar-refractivity contribution in [2.45, 2.75) is 31.8 Å². The Labute approximate surface area is 160 Å². The lowest BCUT2D eigenvalue weighted by Crippen LogP contribution is -2.28. The molecule has 0 spiro atoms. The van der Waals surface area contributed by atoms with Crippen LogP contribution in [0.4, 0.5) is 0 Å². The van der Waals surface area contributed by atoms with Crippen LogP contribution < -0.4 is 25.6 Å². The lowest BCUT2D eigenvalue weighted by Gasteiger charge is -2.19. The summed E-state index contributed by atoms with van der Waals surface area (Å²) in [6.07, 6.45) is 0. The second-order valence-corrected chi connectivity index (χ2v) is 6.85. The van der Waals surface area contributed by atoms with E-state index < -0.39 is 0 Å². The van der Waals surface area contributed by atoms with E-state index in [4.69, 9.17) is 9.47 Å². The molecule has 3 rings (SSSR count). The van der Waals surface area contributed by atoms with Gasteiger partial charge >= 0.3 is 0 Å². The van der Waals surface area contributed by atoms with Crippen LogP contribution in [0.25, 0.3) is 0 Å². The fourth-order valence-corrected chi connectivity index (χ4v) is 3.41. The molecule has 3 atom stereocenters. The van der Waals surface area contributed by atoms with E-state index in [1.54, 1.807) is 14.2 Å². The summed E-state index contributed by atoms with van der Waals surface area (Å²) in [6.45, 7) is 4.93. The first kappa shape index (κ1) is 19.2. The molecule has 0 saturated carbocycles. The van der Waals surface area contributed by atoms with Gasteiger partial charge in [-0.3, -0.25) is 15.6 Å². The normalized spacial score (nSPS) is 20.1. The van der Waals surface area contributed by atoms with E-state index in [1.165, 1.54) is 0 Å². The maximum Gasteiger partial charge on any atom is 0.255 e. The first-order valence-electron chi connectivity index (χ1n) is 9.14. The Morgan fingerprint density at radius 3 is 2.67 bits per heavy atom. The summed E-state index contributed by atoms with van der Waals surface area (Å²) < 4.78 is 10.8. The third-order valence-electron chi connectivity index (χ3n) is 5.10. The molecule has 1 saturated heterocycles. The summed E-state index contributed by atoms with van der Waals surface area (Å²) in [7, 11) is 3.22. The van der Waals surface area contributed by atoms with E-state index in [-0.39, 0.29) is 11.9 Å². The largest absolute Gasteiger partial charge is 0.497 e. The van der Waals surface area contributed by atoms with Gasteiger partial charge in [0.15, 0.2) is 0 Å². The van der Waals surface area contributed by atoms with Crippen LogP contribution in [0.15, 0.2) is 42.5 Å². The number of hydrazine groups is 1. The van der Waals surface area contributed by atoms with Crippen LogP contribution >= 0.6 is 0 Å². The van der Waals surface area contributed by atoms with Crippen molar-refractivity contribution in [3.05, 3.63) is 59.2 Å². The number of amides is 1. The maximum atomic E-state index is 12.8. The minimum atomic E-state index is -0.163. The lowest BCUT2D eigenvalue weighted by molar-refractivity contribution is 0.0936. The average molecular weight is 369 g/mol. The SMILES string of the molecule is COc1cccc([C@@H](C)NC(=O)c2ccc(C3CNNC3C)cc2OC)c1. The second-order valence-electron chi connectivity index (χ2n) is 6.85. The fraction of sp³-hybridized carbons (Fsp3) is 0.381. The Kier molecular flexibility index (Phi) is 5.98. The summed E-state index contributed by atoms with van der Waals surface area (Å²) in [5.41, 5.74) is 9.04. The summed E-state index contributed by atoms with van der Waals surface area (Å²) in [5.74, 6) is 1.53. The highest BCUT2D eigenvalue weighted by Crippen LogP contribution is 2.29. The molecule has 1 fully saturated rings. The molecular weight excluding hydrogens is 342 g/mol. The summed E-state index contributed by atoms with van der Waals surface area (Å²) in [5, 5.41) is 3.04. The first-order chi connectivity index (χ1) is 13.0. The highest BCUT2D eigenvalue weighted by Gasteiger charge is 2.26. The average Bonchev–Trinajstić information content (AvgIpc) is 3.13. The number of hydrogen-bond donors (Lipinski definition) is 3. The van der Waals surface area contributed by atoms with Gasteiger partial charge in [0.1, 0.15) is 11.5 Å². The van der Waals surface area contributed by atoms with Crippen molar-refractivity contribution >= 4 is 5.91 Å². The Balaban J connectivity index is 1.77. The van der Waals surface area contributed by atoms with Crippen LogP contribution in [0.1, 0.15) is 47.3 Å².